The van der Waals surface area contributed by atoms with Crippen molar-refractivity contribution in [2.75, 3.05) is 19.0 Å². The fourth-order valence-electron chi connectivity index (χ4n) is 3.02. The first kappa shape index (κ1) is 18.8. The number of rotatable bonds is 4. The molecule has 0 aliphatic carbocycles. The highest BCUT2D eigenvalue weighted by molar-refractivity contribution is 5.94. The topological polar surface area (TPSA) is 105 Å². The molecule has 9 heteroatoms. The summed E-state index contributed by atoms with van der Waals surface area (Å²) >= 11 is 0. The van der Waals surface area contributed by atoms with E-state index in [4.69, 9.17) is 4.74 Å². The molecule has 1 aromatic carbocycles. The number of carbonyl (C=O) groups is 1. The number of halogens is 1. The molecule has 0 fully saturated rings. The predicted molar refractivity (Wildman–Crippen MR) is 96.3 cm³/mol. The molecule has 2 heterocycles. The van der Waals surface area contributed by atoms with Crippen LogP contribution in [0, 0.1) is 5.82 Å². The highest BCUT2D eigenvalue weighted by Gasteiger charge is 2.34. The van der Waals surface area contributed by atoms with Gasteiger partial charge < -0.3 is 20.5 Å². The number of nitrogens with one attached hydrogen (secondary N) is 2. The summed E-state index contributed by atoms with van der Waals surface area (Å²) in [7, 11) is 1.64. The number of nitrogens with zero attached hydrogens (tertiary/aromatic N) is 2. The number of hydrogen-bond donors (Lipinski definition) is 3. The van der Waals surface area contributed by atoms with Gasteiger partial charge in [0, 0.05) is 19.3 Å². The van der Waals surface area contributed by atoms with Crippen LogP contribution in [0.5, 0.6) is 5.75 Å². The quantitative estimate of drug-likeness (QED) is 0.743. The first-order valence-electron chi connectivity index (χ1n) is 8.47. The molecule has 3 N–H and O–H groups in total. The summed E-state index contributed by atoms with van der Waals surface area (Å²) in [6, 6.07) is 4.12. The highest BCUT2D eigenvalue weighted by Crippen LogP contribution is 2.27. The molecule has 1 aliphatic heterocycles. The smallest absolute Gasteiger partial charge is 0.296 e. The van der Waals surface area contributed by atoms with Gasteiger partial charge in [0.2, 0.25) is 5.75 Å². The Kier molecular flexibility index (Phi) is 4.88. The molecule has 0 saturated heterocycles. The second-order valence-corrected chi connectivity index (χ2v) is 6.68. The summed E-state index contributed by atoms with van der Waals surface area (Å²) in [6.45, 7) is 4.10. The molecule has 2 aromatic rings. The molecule has 3 rings (SSSR count). The number of benzene rings is 1. The van der Waals surface area contributed by atoms with E-state index in [9.17, 15) is 19.1 Å². The van der Waals surface area contributed by atoms with Crippen LogP contribution >= 0.6 is 0 Å². The normalized spacial score (nSPS) is 15.1. The number of carbonyl (C=O) groups excluding carboxylic acids is 1. The summed E-state index contributed by atoms with van der Waals surface area (Å²) < 4.78 is 20.2. The van der Waals surface area contributed by atoms with Gasteiger partial charge in [-0.15, -0.1) is 0 Å². The fraction of sp³-hybridized carbons (Fsp3) is 0.389. The van der Waals surface area contributed by atoms with E-state index in [2.05, 4.69) is 15.6 Å². The van der Waals surface area contributed by atoms with E-state index in [1.54, 1.807) is 20.9 Å². The van der Waals surface area contributed by atoms with Crippen molar-refractivity contribution in [3.05, 3.63) is 51.5 Å². The first-order chi connectivity index (χ1) is 12.7. The van der Waals surface area contributed by atoms with Gasteiger partial charge >= 0.3 is 0 Å². The predicted octanol–water partition coefficient (Wildman–Crippen LogP) is 1.32. The van der Waals surface area contributed by atoms with Crippen LogP contribution in [-0.2, 0) is 23.4 Å². The lowest BCUT2D eigenvalue weighted by atomic mass is 10.1. The van der Waals surface area contributed by atoms with Crippen molar-refractivity contribution in [3.8, 4) is 5.75 Å². The highest BCUT2D eigenvalue weighted by atomic mass is 19.1. The lowest BCUT2D eigenvalue weighted by Gasteiger charge is -2.32. The van der Waals surface area contributed by atoms with Gasteiger partial charge in [0.05, 0.1) is 13.2 Å². The second-order valence-electron chi connectivity index (χ2n) is 6.68. The first-order valence-corrected chi connectivity index (χ1v) is 8.47. The van der Waals surface area contributed by atoms with Gasteiger partial charge in [0.1, 0.15) is 17.2 Å². The van der Waals surface area contributed by atoms with Gasteiger partial charge in [-0.3, -0.25) is 14.2 Å². The summed E-state index contributed by atoms with van der Waals surface area (Å²) in [5, 5.41) is 15.6. The minimum Gasteiger partial charge on any atom is -0.501 e. The Bertz CT molecular complexity index is 955. The third-order valence-corrected chi connectivity index (χ3v) is 4.46. The third kappa shape index (κ3) is 3.50. The Morgan fingerprint density at radius 1 is 1.44 bits per heavy atom. The molecule has 0 unspecified atom stereocenters. The van der Waals surface area contributed by atoms with Crippen LogP contribution in [0.2, 0.25) is 0 Å². The number of aromatic nitrogens is 2. The fourth-order valence-corrected chi connectivity index (χ4v) is 3.02. The molecule has 1 aliphatic rings. The van der Waals surface area contributed by atoms with Crippen LogP contribution in [0.15, 0.2) is 23.0 Å². The number of anilines is 1. The van der Waals surface area contributed by atoms with Crippen molar-refractivity contribution in [3.63, 3.8) is 0 Å². The molecular weight excluding hydrogens is 355 g/mol. The van der Waals surface area contributed by atoms with Gasteiger partial charge in [-0.05, 0) is 31.5 Å². The van der Waals surface area contributed by atoms with Crippen molar-refractivity contribution in [1.29, 1.82) is 0 Å². The summed E-state index contributed by atoms with van der Waals surface area (Å²) in [5.41, 5.74) is -0.745. The van der Waals surface area contributed by atoms with Crippen molar-refractivity contribution in [2.45, 2.75) is 32.5 Å². The Hall–Kier alpha value is -2.94. The van der Waals surface area contributed by atoms with Crippen LogP contribution in [0.4, 0.5) is 10.1 Å². The maximum Gasteiger partial charge on any atom is 0.296 e. The minimum atomic E-state index is -0.865. The van der Waals surface area contributed by atoms with Gasteiger partial charge in [-0.25, -0.2) is 9.37 Å². The van der Waals surface area contributed by atoms with Gasteiger partial charge in [-0.1, -0.05) is 6.07 Å². The van der Waals surface area contributed by atoms with Gasteiger partial charge in [0.15, 0.2) is 5.69 Å². The van der Waals surface area contributed by atoms with E-state index in [-0.39, 0.29) is 24.6 Å². The maximum atomic E-state index is 13.3. The zero-order chi connectivity index (χ0) is 19.8. The van der Waals surface area contributed by atoms with Gasteiger partial charge in [-0.2, -0.15) is 0 Å². The Labute approximate surface area is 155 Å². The molecule has 1 aromatic heterocycles. The van der Waals surface area contributed by atoms with E-state index in [1.807, 2.05) is 0 Å². The third-order valence-electron chi connectivity index (χ3n) is 4.46. The average molecular weight is 376 g/mol. The lowest BCUT2D eigenvalue weighted by Crippen LogP contribution is -2.42. The minimum absolute atomic E-state index is 0.0642. The summed E-state index contributed by atoms with van der Waals surface area (Å²) in [4.78, 5) is 29.2. The molecule has 0 radical (unpaired) electrons. The molecule has 8 nitrogen and oxygen atoms in total. The van der Waals surface area contributed by atoms with Crippen molar-refractivity contribution < 1.29 is 19.0 Å². The monoisotopic (exact) mass is 376 g/mol. The van der Waals surface area contributed by atoms with Crippen LogP contribution in [0.3, 0.4) is 0 Å². The Balaban J connectivity index is 1.90. The van der Waals surface area contributed by atoms with Crippen LogP contribution in [0.25, 0.3) is 0 Å². The molecule has 0 spiro atoms. The van der Waals surface area contributed by atoms with Crippen LogP contribution in [0.1, 0.15) is 35.7 Å². The number of hydrogen-bond acceptors (Lipinski definition) is 6. The van der Waals surface area contributed by atoms with Crippen LogP contribution < -0.4 is 16.2 Å². The van der Waals surface area contributed by atoms with E-state index in [1.165, 1.54) is 22.8 Å². The standard InChI is InChI=1S/C18H21FN4O4/c1-18(2)17-22-13(14(24)16(26)23(17)6-7-27-18)15(25)21-9-10-4-5-11(19)8-12(10)20-3/h4-5,8,20,24H,6-7,9H2,1-3H3,(H,21,25). The van der Waals surface area contributed by atoms with Crippen molar-refractivity contribution in [1.82, 2.24) is 14.9 Å². The zero-order valence-electron chi connectivity index (χ0n) is 15.3. The number of amides is 1. The molecular formula is C18H21FN4O4. The van der Waals surface area contributed by atoms with E-state index in [0.29, 0.717) is 17.9 Å². The van der Waals surface area contributed by atoms with Crippen molar-refractivity contribution in [2.24, 2.45) is 0 Å². The SMILES string of the molecule is CNc1cc(F)ccc1CNC(=O)c1nc2n(c(=O)c1O)CCOC2(C)C. The molecule has 0 bridgehead atoms. The molecule has 0 atom stereocenters. The summed E-state index contributed by atoms with van der Waals surface area (Å²) in [5.74, 6) is -1.54. The maximum absolute atomic E-state index is 13.3. The molecule has 144 valence electrons. The average Bonchev–Trinajstić information content (AvgIpc) is 2.63. The van der Waals surface area contributed by atoms with Crippen LogP contribution in [-0.4, -0.2) is 34.2 Å². The number of ether oxygens (including phenoxy) is 1. The number of aromatic hydroxyl groups is 1. The molecule has 27 heavy (non-hydrogen) atoms. The Morgan fingerprint density at radius 3 is 2.89 bits per heavy atom. The molecule has 0 saturated carbocycles. The lowest BCUT2D eigenvalue weighted by molar-refractivity contribution is -0.0566. The van der Waals surface area contributed by atoms with E-state index < -0.39 is 28.6 Å². The summed E-state index contributed by atoms with van der Waals surface area (Å²) in [6.07, 6.45) is 0. The van der Waals surface area contributed by atoms with Crippen molar-refractivity contribution >= 4 is 11.6 Å². The number of fused-ring (bicyclic) bond motifs is 1. The molecule has 1 amide bonds. The Morgan fingerprint density at radius 2 is 2.19 bits per heavy atom. The van der Waals surface area contributed by atoms with E-state index in [0.717, 1.165) is 0 Å². The van der Waals surface area contributed by atoms with Gasteiger partial charge in [0.25, 0.3) is 11.5 Å². The van der Waals surface area contributed by atoms with E-state index >= 15 is 0 Å². The second kappa shape index (κ2) is 6.99. The largest absolute Gasteiger partial charge is 0.501 e. The zero-order valence-corrected chi connectivity index (χ0v) is 15.3.